The van der Waals surface area contributed by atoms with E-state index in [1.807, 2.05) is 6.92 Å². The summed E-state index contributed by atoms with van der Waals surface area (Å²) in [6.45, 7) is 3.94. The van der Waals surface area contributed by atoms with Crippen molar-refractivity contribution in [3.8, 4) is 0 Å². The molecule has 0 aliphatic carbocycles. The Balaban J connectivity index is 1.83. The summed E-state index contributed by atoms with van der Waals surface area (Å²) in [5.41, 5.74) is 6.90. The highest BCUT2D eigenvalue weighted by Crippen LogP contribution is 2.11. The van der Waals surface area contributed by atoms with Crippen molar-refractivity contribution in [2.75, 3.05) is 19.6 Å². The van der Waals surface area contributed by atoms with E-state index in [0.29, 0.717) is 12.2 Å². The minimum atomic E-state index is -0.0898. The first-order valence-electron chi connectivity index (χ1n) is 7.00. The molecule has 1 aliphatic rings. The summed E-state index contributed by atoms with van der Waals surface area (Å²) in [6.07, 6.45) is 1.70. The van der Waals surface area contributed by atoms with E-state index in [0.717, 1.165) is 31.6 Å². The van der Waals surface area contributed by atoms with Crippen molar-refractivity contribution >= 4 is 11.7 Å². The molecule has 1 aromatic rings. The van der Waals surface area contributed by atoms with Gasteiger partial charge in [-0.1, -0.05) is 5.16 Å². The van der Waals surface area contributed by atoms with E-state index in [-0.39, 0.29) is 17.8 Å². The number of carbonyl (C=O) groups is 1. The van der Waals surface area contributed by atoms with Crippen molar-refractivity contribution in [3.63, 3.8) is 0 Å². The van der Waals surface area contributed by atoms with E-state index < -0.39 is 0 Å². The number of amides is 1. The molecule has 0 bridgehead atoms. The van der Waals surface area contributed by atoms with Crippen LogP contribution in [0.25, 0.3) is 0 Å². The van der Waals surface area contributed by atoms with Gasteiger partial charge in [-0.25, -0.2) is 0 Å². The van der Waals surface area contributed by atoms with Crippen LogP contribution in [-0.2, 0) is 7.05 Å². The van der Waals surface area contributed by atoms with Gasteiger partial charge in [0.05, 0.1) is 12.2 Å². The number of hydrogen-bond donors (Lipinski definition) is 3. The lowest BCUT2D eigenvalue weighted by atomic mass is 10.0. The molecule has 2 heterocycles. The Bertz CT molecular complexity index is 531. The number of aryl methyl sites for hydroxylation is 2. The summed E-state index contributed by atoms with van der Waals surface area (Å²) in [6, 6.07) is 1.93. The Kier molecular flexibility index (Phi) is 4.79. The molecular weight excluding hydrogens is 272 g/mol. The molecule has 0 radical (unpaired) electrons. The number of amidine groups is 1. The highest BCUT2D eigenvalue weighted by molar-refractivity contribution is 5.92. The van der Waals surface area contributed by atoms with E-state index >= 15 is 0 Å². The molecule has 1 aromatic heterocycles. The molecule has 0 saturated carbocycles. The summed E-state index contributed by atoms with van der Waals surface area (Å²) in [7, 11) is 1.77. The van der Waals surface area contributed by atoms with Gasteiger partial charge in [-0.15, -0.1) is 0 Å². The SMILES string of the molecule is Cc1cc(C(=O)NC2CCN(CC(N)=NO)CC2)n(C)n1. The maximum absolute atomic E-state index is 12.2. The van der Waals surface area contributed by atoms with Crippen LogP contribution >= 0.6 is 0 Å². The average molecular weight is 294 g/mol. The highest BCUT2D eigenvalue weighted by Gasteiger charge is 2.22. The fourth-order valence-corrected chi connectivity index (χ4v) is 2.58. The Morgan fingerprint density at radius 1 is 1.57 bits per heavy atom. The van der Waals surface area contributed by atoms with Gasteiger partial charge in [0.1, 0.15) is 5.69 Å². The van der Waals surface area contributed by atoms with Crippen molar-refractivity contribution in [3.05, 3.63) is 17.5 Å². The Labute approximate surface area is 123 Å². The topological polar surface area (TPSA) is 109 Å². The monoisotopic (exact) mass is 294 g/mol. The number of rotatable bonds is 4. The summed E-state index contributed by atoms with van der Waals surface area (Å²) >= 11 is 0. The Morgan fingerprint density at radius 3 is 2.76 bits per heavy atom. The van der Waals surface area contributed by atoms with Gasteiger partial charge in [0, 0.05) is 26.2 Å². The molecule has 0 unspecified atom stereocenters. The van der Waals surface area contributed by atoms with E-state index in [9.17, 15) is 4.79 Å². The van der Waals surface area contributed by atoms with Gasteiger partial charge in [-0.3, -0.25) is 14.4 Å². The second kappa shape index (κ2) is 6.57. The van der Waals surface area contributed by atoms with E-state index in [4.69, 9.17) is 10.9 Å². The van der Waals surface area contributed by atoms with Crippen molar-refractivity contribution < 1.29 is 10.0 Å². The number of carbonyl (C=O) groups excluding carboxylic acids is 1. The highest BCUT2D eigenvalue weighted by atomic mass is 16.4. The van der Waals surface area contributed by atoms with Crippen LogP contribution in [-0.4, -0.2) is 57.3 Å². The first-order chi connectivity index (χ1) is 9.99. The maximum Gasteiger partial charge on any atom is 0.269 e. The van der Waals surface area contributed by atoms with Crippen LogP contribution in [0.5, 0.6) is 0 Å². The van der Waals surface area contributed by atoms with Crippen molar-refractivity contribution in [2.45, 2.75) is 25.8 Å². The molecule has 1 saturated heterocycles. The molecule has 4 N–H and O–H groups in total. The van der Waals surface area contributed by atoms with Gasteiger partial charge in [0.2, 0.25) is 0 Å². The Hall–Kier alpha value is -2.09. The summed E-state index contributed by atoms with van der Waals surface area (Å²) < 4.78 is 1.60. The zero-order valence-corrected chi connectivity index (χ0v) is 12.4. The fourth-order valence-electron chi connectivity index (χ4n) is 2.58. The molecule has 0 spiro atoms. The van der Waals surface area contributed by atoms with Gasteiger partial charge in [0.15, 0.2) is 5.84 Å². The predicted octanol–water partition coefficient (Wildman–Crippen LogP) is -0.331. The predicted molar refractivity (Wildman–Crippen MR) is 78.3 cm³/mol. The van der Waals surface area contributed by atoms with Crippen LogP contribution in [0.2, 0.25) is 0 Å². The fraction of sp³-hybridized carbons (Fsp3) is 0.615. The summed E-state index contributed by atoms with van der Waals surface area (Å²) in [5.74, 6) is 0.121. The molecular formula is C13H22N6O2. The molecule has 8 nitrogen and oxygen atoms in total. The second-order valence-electron chi connectivity index (χ2n) is 5.41. The number of hydrogen-bond acceptors (Lipinski definition) is 5. The van der Waals surface area contributed by atoms with Crippen LogP contribution in [0.3, 0.4) is 0 Å². The zero-order chi connectivity index (χ0) is 15.4. The molecule has 0 aromatic carbocycles. The maximum atomic E-state index is 12.2. The lowest BCUT2D eigenvalue weighted by Crippen LogP contribution is -2.47. The van der Waals surface area contributed by atoms with Crippen LogP contribution < -0.4 is 11.1 Å². The molecule has 2 rings (SSSR count). The molecule has 1 aliphatic heterocycles. The number of nitrogens with one attached hydrogen (secondary N) is 1. The standard InChI is InChI=1S/C13H22N6O2/c1-9-7-11(18(2)16-9)13(20)15-10-3-5-19(6-4-10)8-12(14)17-21/h7,10,21H,3-6,8H2,1-2H3,(H2,14,17)(H,15,20). The van der Waals surface area contributed by atoms with Crippen LogP contribution in [0, 0.1) is 6.92 Å². The lowest BCUT2D eigenvalue weighted by molar-refractivity contribution is 0.0905. The molecule has 8 heteroatoms. The number of piperidine rings is 1. The molecule has 116 valence electrons. The first-order valence-corrected chi connectivity index (χ1v) is 7.00. The third-order valence-electron chi connectivity index (χ3n) is 3.67. The average Bonchev–Trinajstić information content (AvgIpc) is 2.80. The van der Waals surface area contributed by atoms with Gasteiger partial charge in [0.25, 0.3) is 5.91 Å². The Morgan fingerprint density at radius 2 is 2.24 bits per heavy atom. The molecule has 0 atom stereocenters. The number of oxime groups is 1. The quantitative estimate of drug-likeness (QED) is 0.305. The normalized spacial score (nSPS) is 17.9. The molecule has 1 fully saturated rings. The van der Waals surface area contributed by atoms with Crippen molar-refractivity contribution in [1.29, 1.82) is 0 Å². The first kappa shape index (κ1) is 15.3. The van der Waals surface area contributed by atoms with Gasteiger partial charge >= 0.3 is 0 Å². The van der Waals surface area contributed by atoms with E-state index in [1.54, 1.807) is 17.8 Å². The van der Waals surface area contributed by atoms with Gasteiger partial charge in [-0.05, 0) is 25.8 Å². The summed E-state index contributed by atoms with van der Waals surface area (Å²) in [4.78, 5) is 14.3. The van der Waals surface area contributed by atoms with Crippen molar-refractivity contribution in [1.82, 2.24) is 20.0 Å². The second-order valence-corrected chi connectivity index (χ2v) is 5.41. The van der Waals surface area contributed by atoms with Gasteiger partial charge in [-0.2, -0.15) is 5.10 Å². The number of aromatic nitrogens is 2. The minimum absolute atomic E-state index is 0.0898. The number of nitrogens with zero attached hydrogens (tertiary/aromatic N) is 4. The van der Waals surface area contributed by atoms with Crippen LogP contribution in [0.1, 0.15) is 29.0 Å². The van der Waals surface area contributed by atoms with Crippen LogP contribution in [0.4, 0.5) is 0 Å². The molecule has 21 heavy (non-hydrogen) atoms. The third kappa shape index (κ3) is 3.94. The third-order valence-corrected chi connectivity index (χ3v) is 3.67. The van der Waals surface area contributed by atoms with Crippen molar-refractivity contribution in [2.24, 2.45) is 17.9 Å². The van der Waals surface area contributed by atoms with E-state index in [1.165, 1.54) is 0 Å². The lowest BCUT2D eigenvalue weighted by Gasteiger charge is -2.31. The largest absolute Gasteiger partial charge is 0.409 e. The smallest absolute Gasteiger partial charge is 0.269 e. The minimum Gasteiger partial charge on any atom is -0.409 e. The summed E-state index contributed by atoms with van der Waals surface area (Å²) in [5, 5.41) is 18.8. The van der Waals surface area contributed by atoms with E-state index in [2.05, 4.69) is 20.5 Å². The van der Waals surface area contributed by atoms with Gasteiger partial charge < -0.3 is 16.3 Å². The number of nitrogens with two attached hydrogens (primary N) is 1. The molecule has 1 amide bonds. The zero-order valence-electron chi connectivity index (χ0n) is 12.4. The van der Waals surface area contributed by atoms with Crippen LogP contribution in [0.15, 0.2) is 11.2 Å². The number of likely N-dealkylation sites (tertiary alicyclic amines) is 1.